The van der Waals surface area contributed by atoms with E-state index in [0.29, 0.717) is 0 Å². The van der Waals surface area contributed by atoms with E-state index in [2.05, 4.69) is 29.1 Å². The molecule has 3 nitrogen and oxygen atoms in total. The van der Waals surface area contributed by atoms with E-state index in [1.54, 1.807) is 0 Å². The van der Waals surface area contributed by atoms with Gasteiger partial charge in [0, 0.05) is 11.9 Å². The second kappa shape index (κ2) is 4.13. The molecule has 0 unspecified atom stereocenters. The van der Waals surface area contributed by atoms with E-state index in [1.165, 1.54) is 5.69 Å². The smallest absolute Gasteiger partial charge is 0.120 e. The maximum Gasteiger partial charge on any atom is 0.120 e. The Balaban J connectivity index is 2.44. The van der Waals surface area contributed by atoms with Gasteiger partial charge in [0.05, 0.1) is 6.54 Å². The van der Waals surface area contributed by atoms with Crippen molar-refractivity contribution < 1.29 is 0 Å². The molecule has 0 amide bonds. The molecule has 0 bridgehead atoms. The van der Waals surface area contributed by atoms with Gasteiger partial charge in [-0.1, -0.05) is 13.8 Å². The summed E-state index contributed by atoms with van der Waals surface area (Å²) in [5, 5.41) is 3.21. The first kappa shape index (κ1) is 8.27. The molecule has 3 heteroatoms. The van der Waals surface area contributed by atoms with Crippen molar-refractivity contribution in [2.45, 2.75) is 26.8 Å². The second-order valence-corrected chi connectivity index (χ2v) is 2.49. The van der Waals surface area contributed by atoms with Crippen LogP contribution >= 0.6 is 0 Å². The van der Waals surface area contributed by atoms with E-state index in [0.717, 1.165) is 25.3 Å². The number of hydrogen-bond donors (Lipinski definition) is 2. The van der Waals surface area contributed by atoms with Crippen LogP contribution in [0.5, 0.6) is 0 Å². The number of imidazole rings is 1. The molecular weight excluding hydrogens is 138 g/mol. The molecule has 11 heavy (non-hydrogen) atoms. The predicted octanol–water partition coefficient (Wildman–Crippen LogP) is 1.08. The lowest BCUT2D eigenvalue weighted by Crippen LogP contribution is -2.12. The number of nitrogens with zero attached hydrogens (tertiary/aromatic N) is 1. The highest BCUT2D eigenvalue weighted by atomic mass is 15.0. The lowest BCUT2D eigenvalue weighted by molar-refractivity contribution is 0.696. The first-order valence-corrected chi connectivity index (χ1v) is 4.10. The van der Waals surface area contributed by atoms with Gasteiger partial charge in [-0.25, -0.2) is 4.98 Å². The lowest BCUT2D eigenvalue weighted by Gasteiger charge is -1.95. The van der Waals surface area contributed by atoms with Crippen LogP contribution in [0.15, 0.2) is 6.20 Å². The number of hydrogen-bond acceptors (Lipinski definition) is 2. The summed E-state index contributed by atoms with van der Waals surface area (Å²) in [6.45, 7) is 6.03. The molecule has 0 aromatic carbocycles. The number of rotatable bonds is 4. The van der Waals surface area contributed by atoms with Gasteiger partial charge in [0.25, 0.3) is 0 Å². The van der Waals surface area contributed by atoms with Crippen LogP contribution in [0.3, 0.4) is 0 Å². The van der Waals surface area contributed by atoms with E-state index < -0.39 is 0 Å². The largest absolute Gasteiger partial charge is 0.345 e. The molecule has 1 aromatic heterocycles. The number of aromatic nitrogens is 2. The quantitative estimate of drug-likeness (QED) is 0.679. The average Bonchev–Trinajstić information content (AvgIpc) is 2.48. The van der Waals surface area contributed by atoms with Gasteiger partial charge in [-0.3, -0.25) is 0 Å². The SMILES string of the molecule is CCNCc1ncc(CC)[nH]1. The predicted molar refractivity (Wildman–Crippen MR) is 45.3 cm³/mol. The van der Waals surface area contributed by atoms with Gasteiger partial charge in [-0.2, -0.15) is 0 Å². The maximum absolute atomic E-state index is 4.21. The van der Waals surface area contributed by atoms with E-state index in [9.17, 15) is 0 Å². The standard InChI is InChI=1S/C8H15N3/c1-3-7-5-10-8(11-7)6-9-4-2/h5,9H,3-4,6H2,1-2H3,(H,10,11). The van der Waals surface area contributed by atoms with Crippen LogP contribution in [0, 0.1) is 0 Å². The third-order valence-electron chi connectivity index (χ3n) is 1.60. The normalized spacial score (nSPS) is 10.4. The summed E-state index contributed by atoms with van der Waals surface area (Å²) in [4.78, 5) is 7.43. The van der Waals surface area contributed by atoms with Gasteiger partial charge >= 0.3 is 0 Å². The van der Waals surface area contributed by atoms with Crippen molar-refractivity contribution in [3.63, 3.8) is 0 Å². The molecule has 2 N–H and O–H groups in total. The van der Waals surface area contributed by atoms with Crippen molar-refractivity contribution in [2.75, 3.05) is 6.54 Å². The summed E-state index contributed by atoms with van der Waals surface area (Å²) >= 11 is 0. The molecule has 0 aliphatic rings. The van der Waals surface area contributed by atoms with Crippen LogP contribution in [-0.2, 0) is 13.0 Å². The Morgan fingerprint density at radius 2 is 2.36 bits per heavy atom. The van der Waals surface area contributed by atoms with Crippen LogP contribution in [0.1, 0.15) is 25.4 Å². The van der Waals surface area contributed by atoms with E-state index >= 15 is 0 Å². The first-order valence-electron chi connectivity index (χ1n) is 4.10. The third-order valence-corrected chi connectivity index (χ3v) is 1.60. The number of aromatic amines is 1. The fraction of sp³-hybridized carbons (Fsp3) is 0.625. The Morgan fingerprint density at radius 3 is 2.91 bits per heavy atom. The van der Waals surface area contributed by atoms with E-state index in [-0.39, 0.29) is 0 Å². The number of nitrogens with one attached hydrogen (secondary N) is 2. The monoisotopic (exact) mass is 153 g/mol. The summed E-state index contributed by atoms with van der Waals surface area (Å²) in [5.74, 6) is 1.03. The molecule has 1 rings (SSSR count). The summed E-state index contributed by atoms with van der Waals surface area (Å²) in [6.07, 6.45) is 2.92. The number of H-pyrrole nitrogens is 1. The van der Waals surface area contributed by atoms with Crippen LogP contribution in [0.2, 0.25) is 0 Å². The van der Waals surface area contributed by atoms with Gasteiger partial charge in [0.2, 0.25) is 0 Å². The van der Waals surface area contributed by atoms with Crippen molar-refractivity contribution in [1.29, 1.82) is 0 Å². The zero-order chi connectivity index (χ0) is 8.10. The molecule has 0 saturated heterocycles. The molecule has 0 aliphatic carbocycles. The number of aryl methyl sites for hydroxylation is 1. The molecule has 1 heterocycles. The van der Waals surface area contributed by atoms with Gasteiger partial charge < -0.3 is 10.3 Å². The zero-order valence-corrected chi connectivity index (χ0v) is 7.15. The molecule has 0 saturated carbocycles. The highest BCUT2D eigenvalue weighted by Gasteiger charge is 1.95. The summed E-state index contributed by atoms with van der Waals surface area (Å²) in [6, 6.07) is 0. The van der Waals surface area contributed by atoms with Crippen LogP contribution in [0.25, 0.3) is 0 Å². The van der Waals surface area contributed by atoms with Gasteiger partial charge in [0.15, 0.2) is 0 Å². The Hall–Kier alpha value is -0.830. The molecule has 0 fully saturated rings. The van der Waals surface area contributed by atoms with Crippen molar-refractivity contribution in [3.8, 4) is 0 Å². The Labute approximate surface area is 67.2 Å². The Morgan fingerprint density at radius 1 is 1.55 bits per heavy atom. The topological polar surface area (TPSA) is 40.7 Å². The molecule has 62 valence electrons. The zero-order valence-electron chi connectivity index (χ0n) is 7.15. The summed E-state index contributed by atoms with van der Waals surface area (Å²) < 4.78 is 0. The molecular formula is C8H15N3. The molecule has 0 spiro atoms. The first-order chi connectivity index (χ1) is 5.36. The molecule has 0 aliphatic heterocycles. The van der Waals surface area contributed by atoms with Crippen molar-refractivity contribution in [2.24, 2.45) is 0 Å². The van der Waals surface area contributed by atoms with Crippen molar-refractivity contribution in [1.82, 2.24) is 15.3 Å². The average molecular weight is 153 g/mol. The van der Waals surface area contributed by atoms with Gasteiger partial charge in [0.1, 0.15) is 5.82 Å². The Kier molecular flexibility index (Phi) is 3.11. The van der Waals surface area contributed by atoms with Crippen molar-refractivity contribution >= 4 is 0 Å². The van der Waals surface area contributed by atoms with Gasteiger partial charge in [-0.05, 0) is 13.0 Å². The maximum atomic E-state index is 4.21. The van der Waals surface area contributed by atoms with E-state index in [1.807, 2.05) is 6.20 Å². The third kappa shape index (κ3) is 2.35. The molecule has 0 atom stereocenters. The molecule has 1 aromatic rings. The highest BCUT2D eigenvalue weighted by molar-refractivity contribution is 5.00. The Bertz CT molecular complexity index is 205. The fourth-order valence-corrected chi connectivity index (χ4v) is 0.919. The summed E-state index contributed by atoms with van der Waals surface area (Å²) in [5.41, 5.74) is 1.21. The lowest BCUT2D eigenvalue weighted by atomic mass is 10.4. The minimum atomic E-state index is 0.844. The van der Waals surface area contributed by atoms with E-state index in [4.69, 9.17) is 0 Å². The van der Waals surface area contributed by atoms with Crippen LogP contribution in [-0.4, -0.2) is 16.5 Å². The second-order valence-electron chi connectivity index (χ2n) is 2.49. The van der Waals surface area contributed by atoms with Crippen molar-refractivity contribution in [3.05, 3.63) is 17.7 Å². The summed E-state index contributed by atoms with van der Waals surface area (Å²) in [7, 11) is 0. The van der Waals surface area contributed by atoms with Crippen LogP contribution in [0.4, 0.5) is 0 Å². The van der Waals surface area contributed by atoms with Gasteiger partial charge in [-0.15, -0.1) is 0 Å². The minimum absolute atomic E-state index is 0.844. The highest BCUT2D eigenvalue weighted by Crippen LogP contribution is 1.96. The molecule has 0 radical (unpaired) electrons. The fourth-order valence-electron chi connectivity index (χ4n) is 0.919. The van der Waals surface area contributed by atoms with Crippen LogP contribution < -0.4 is 5.32 Å². The minimum Gasteiger partial charge on any atom is -0.345 e.